The molecule has 0 atom stereocenters. The number of hydrogen-bond acceptors (Lipinski definition) is 3. The summed E-state index contributed by atoms with van der Waals surface area (Å²) in [6.45, 7) is 3.47. The molecule has 2 aromatic rings. The average molecular weight is 235 g/mol. The minimum atomic E-state index is -1.30. The summed E-state index contributed by atoms with van der Waals surface area (Å²) in [5, 5.41) is 12.6. The van der Waals surface area contributed by atoms with Gasteiger partial charge in [-0.2, -0.15) is 0 Å². The topological polar surface area (TPSA) is 63.3 Å². The Bertz CT molecular complexity index is 570. The van der Waals surface area contributed by atoms with Crippen LogP contribution in [-0.4, -0.2) is 16.2 Å². The van der Waals surface area contributed by atoms with Crippen LogP contribution < -0.4 is 0 Å². The van der Waals surface area contributed by atoms with Gasteiger partial charge in [0.2, 0.25) is 0 Å². The Balaban J connectivity index is 2.62. The van der Waals surface area contributed by atoms with Crippen LogP contribution in [0, 0.1) is 19.7 Å². The summed E-state index contributed by atoms with van der Waals surface area (Å²) in [4.78, 5) is 10.8. The van der Waals surface area contributed by atoms with E-state index in [1.165, 1.54) is 12.1 Å². The van der Waals surface area contributed by atoms with Gasteiger partial charge in [0.15, 0.2) is 0 Å². The molecule has 1 heterocycles. The molecule has 0 radical (unpaired) electrons. The van der Waals surface area contributed by atoms with Gasteiger partial charge < -0.3 is 9.63 Å². The third-order valence-electron chi connectivity index (χ3n) is 2.52. The van der Waals surface area contributed by atoms with Crippen molar-refractivity contribution in [2.45, 2.75) is 13.8 Å². The standard InChI is InChI=1S/C12H10FNO3/c1-6-11(7(2)17-14-6)8-3-4-10(13)9(5-8)12(15)16/h3-5H,1-2H3,(H,15,16). The molecule has 17 heavy (non-hydrogen) atoms. The molecule has 0 saturated heterocycles. The Morgan fingerprint density at radius 1 is 1.41 bits per heavy atom. The first-order chi connectivity index (χ1) is 8.00. The van der Waals surface area contributed by atoms with Crippen molar-refractivity contribution in [3.8, 4) is 11.1 Å². The quantitative estimate of drug-likeness (QED) is 0.869. The molecule has 4 nitrogen and oxygen atoms in total. The maximum absolute atomic E-state index is 13.2. The van der Waals surface area contributed by atoms with Crippen LogP contribution in [0.5, 0.6) is 0 Å². The number of aromatic carboxylic acids is 1. The summed E-state index contributed by atoms with van der Waals surface area (Å²) in [5.74, 6) is -1.48. The smallest absolute Gasteiger partial charge is 0.338 e. The van der Waals surface area contributed by atoms with Crippen LogP contribution >= 0.6 is 0 Å². The molecule has 0 aliphatic heterocycles. The zero-order chi connectivity index (χ0) is 12.6. The SMILES string of the molecule is Cc1noc(C)c1-c1ccc(F)c(C(=O)O)c1. The van der Waals surface area contributed by atoms with Gasteiger partial charge in [0.25, 0.3) is 0 Å². The Labute approximate surface area is 96.7 Å². The van der Waals surface area contributed by atoms with E-state index in [1.54, 1.807) is 13.8 Å². The predicted octanol–water partition coefficient (Wildman–Crippen LogP) is 2.80. The second kappa shape index (κ2) is 4.01. The summed E-state index contributed by atoms with van der Waals surface area (Å²) >= 11 is 0. The molecule has 0 aliphatic carbocycles. The van der Waals surface area contributed by atoms with Gasteiger partial charge in [0.1, 0.15) is 11.6 Å². The summed E-state index contributed by atoms with van der Waals surface area (Å²) in [5.41, 5.74) is 1.57. The average Bonchev–Trinajstić information content (AvgIpc) is 2.59. The number of aryl methyl sites for hydroxylation is 2. The molecule has 0 bridgehead atoms. The van der Waals surface area contributed by atoms with E-state index in [0.29, 0.717) is 22.6 Å². The van der Waals surface area contributed by atoms with Gasteiger partial charge in [-0.05, 0) is 31.5 Å². The summed E-state index contributed by atoms with van der Waals surface area (Å²) in [6.07, 6.45) is 0. The minimum absolute atomic E-state index is 0.359. The Kier molecular flexibility index (Phi) is 2.67. The fourth-order valence-corrected chi connectivity index (χ4v) is 1.74. The highest BCUT2D eigenvalue weighted by atomic mass is 19.1. The van der Waals surface area contributed by atoms with Crippen molar-refractivity contribution >= 4 is 5.97 Å². The van der Waals surface area contributed by atoms with Gasteiger partial charge in [-0.3, -0.25) is 0 Å². The van der Waals surface area contributed by atoms with E-state index in [4.69, 9.17) is 9.63 Å². The first-order valence-corrected chi connectivity index (χ1v) is 4.97. The maximum Gasteiger partial charge on any atom is 0.338 e. The summed E-state index contributed by atoms with van der Waals surface area (Å²) in [7, 11) is 0. The van der Waals surface area contributed by atoms with Gasteiger partial charge in [0.05, 0.1) is 11.3 Å². The summed E-state index contributed by atoms with van der Waals surface area (Å²) in [6, 6.07) is 3.92. The first-order valence-electron chi connectivity index (χ1n) is 4.97. The molecule has 88 valence electrons. The van der Waals surface area contributed by atoms with E-state index in [2.05, 4.69) is 5.16 Å². The van der Waals surface area contributed by atoms with Crippen molar-refractivity contribution in [3.63, 3.8) is 0 Å². The Morgan fingerprint density at radius 2 is 2.12 bits per heavy atom. The number of benzene rings is 1. The number of hydrogen-bond donors (Lipinski definition) is 1. The number of aromatic nitrogens is 1. The number of rotatable bonds is 2. The lowest BCUT2D eigenvalue weighted by molar-refractivity contribution is 0.0692. The molecule has 0 unspecified atom stereocenters. The highest BCUT2D eigenvalue weighted by Crippen LogP contribution is 2.28. The van der Waals surface area contributed by atoms with E-state index in [1.807, 2.05) is 0 Å². The van der Waals surface area contributed by atoms with Crippen LogP contribution in [0.2, 0.25) is 0 Å². The predicted molar refractivity (Wildman–Crippen MR) is 58.3 cm³/mol. The van der Waals surface area contributed by atoms with Gasteiger partial charge in [-0.25, -0.2) is 9.18 Å². The lowest BCUT2D eigenvalue weighted by Crippen LogP contribution is -2.00. The Morgan fingerprint density at radius 3 is 2.65 bits per heavy atom. The van der Waals surface area contributed by atoms with Crippen molar-refractivity contribution in [1.29, 1.82) is 0 Å². The van der Waals surface area contributed by atoms with Crippen molar-refractivity contribution < 1.29 is 18.8 Å². The van der Waals surface area contributed by atoms with Crippen LogP contribution in [0.4, 0.5) is 4.39 Å². The molecule has 0 fully saturated rings. The lowest BCUT2D eigenvalue weighted by atomic mass is 10.0. The molecular formula is C12H10FNO3. The number of halogens is 1. The van der Waals surface area contributed by atoms with Gasteiger partial charge in [0, 0.05) is 5.56 Å². The van der Waals surface area contributed by atoms with Crippen LogP contribution in [-0.2, 0) is 0 Å². The van der Waals surface area contributed by atoms with E-state index in [9.17, 15) is 9.18 Å². The Hall–Kier alpha value is -2.17. The van der Waals surface area contributed by atoms with E-state index in [-0.39, 0.29) is 5.56 Å². The third kappa shape index (κ3) is 1.91. The molecule has 0 spiro atoms. The molecule has 1 aromatic heterocycles. The second-order valence-electron chi connectivity index (χ2n) is 3.70. The second-order valence-corrected chi connectivity index (χ2v) is 3.70. The molecule has 0 amide bonds. The lowest BCUT2D eigenvalue weighted by Gasteiger charge is -2.03. The fourth-order valence-electron chi connectivity index (χ4n) is 1.74. The molecule has 0 saturated carbocycles. The van der Waals surface area contributed by atoms with E-state index >= 15 is 0 Å². The number of nitrogens with zero attached hydrogens (tertiary/aromatic N) is 1. The minimum Gasteiger partial charge on any atom is -0.478 e. The molecule has 5 heteroatoms. The van der Waals surface area contributed by atoms with Crippen molar-refractivity contribution in [2.75, 3.05) is 0 Å². The van der Waals surface area contributed by atoms with Gasteiger partial charge in [-0.15, -0.1) is 0 Å². The highest BCUT2D eigenvalue weighted by Gasteiger charge is 2.16. The molecule has 1 N–H and O–H groups in total. The monoisotopic (exact) mass is 235 g/mol. The number of carboxylic acids is 1. The number of carbonyl (C=O) groups is 1. The van der Waals surface area contributed by atoms with E-state index in [0.717, 1.165) is 6.07 Å². The van der Waals surface area contributed by atoms with Crippen molar-refractivity contribution in [1.82, 2.24) is 5.16 Å². The molecular weight excluding hydrogens is 225 g/mol. The normalized spacial score (nSPS) is 10.5. The zero-order valence-electron chi connectivity index (χ0n) is 9.32. The van der Waals surface area contributed by atoms with E-state index < -0.39 is 11.8 Å². The third-order valence-corrected chi connectivity index (χ3v) is 2.52. The first kappa shape index (κ1) is 11.3. The van der Waals surface area contributed by atoms with Crippen LogP contribution in [0.3, 0.4) is 0 Å². The molecule has 1 aromatic carbocycles. The zero-order valence-corrected chi connectivity index (χ0v) is 9.32. The van der Waals surface area contributed by atoms with Crippen molar-refractivity contribution in [3.05, 3.63) is 41.0 Å². The van der Waals surface area contributed by atoms with Crippen LogP contribution in [0.1, 0.15) is 21.8 Å². The van der Waals surface area contributed by atoms with Crippen molar-refractivity contribution in [2.24, 2.45) is 0 Å². The molecule has 2 rings (SSSR count). The van der Waals surface area contributed by atoms with Crippen LogP contribution in [0.15, 0.2) is 22.7 Å². The fraction of sp³-hybridized carbons (Fsp3) is 0.167. The van der Waals surface area contributed by atoms with Gasteiger partial charge >= 0.3 is 5.97 Å². The number of carboxylic acid groups (broad SMARTS) is 1. The van der Waals surface area contributed by atoms with Gasteiger partial charge in [-0.1, -0.05) is 11.2 Å². The highest BCUT2D eigenvalue weighted by molar-refractivity contribution is 5.90. The maximum atomic E-state index is 13.2. The summed E-state index contributed by atoms with van der Waals surface area (Å²) < 4.78 is 18.2. The molecule has 0 aliphatic rings. The largest absolute Gasteiger partial charge is 0.478 e. The van der Waals surface area contributed by atoms with Crippen LogP contribution in [0.25, 0.3) is 11.1 Å².